The Bertz CT molecular complexity index is 675. The van der Waals surface area contributed by atoms with Crippen LogP contribution < -0.4 is 10.9 Å². The number of benzene rings is 1. The summed E-state index contributed by atoms with van der Waals surface area (Å²) in [5.74, 6) is -0.144. The number of rotatable bonds is 3. The van der Waals surface area contributed by atoms with Gasteiger partial charge >= 0.3 is 0 Å². The summed E-state index contributed by atoms with van der Waals surface area (Å²) in [7, 11) is 0. The molecule has 0 spiro atoms. The normalized spacial score (nSPS) is 13.8. The van der Waals surface area contributed by atoms with Gasteiger partial charge in [-0.3, -0.25) is 20.4 Å². The van der Waals surface area contributed by atoms with E-state index in [1.165, 1.54) is 0 Å². The molecule has 1 heterocycles. The predicted octanol–water partition coefficient (Wildman–Crippen LogP) is 1.82. The maximum atomic E-state index is 12.2. The van der Waals surface area contributed by atoms with Gasteiger partial charge in [-0.05, 0) is 19.8 Å². The zero-order valence-electron chi connectivity index (χ0n) is 11.6. The lowest BCUT2D eigenvalue weighted by Crippen LogP contribution is -2.42. The van der Waals surface area contributed by atoms with Crippen LogP contribution in [0.1, 0.15) is 29.0 Å². The molecule has 108 valence electrons. The number of nitrogens with zero attached hydrogens (tertiary/aromatic N) is 1. The van der Waals surface area contributed by atoms with Gasteiger partial charge in [0.05, 0.1) is 0 Å². The van der Waals surface area contributed by atoms with Crippen molar-refractivity contribution in [3.8, 4) is 11.3 Å². The summed E-state index contributed by atoms with van der Waals surface area (Å²) in [4.78, 5) is 23.8. The number of aromatic nitrogens is 1. The Morgan fingerprint density at radius 2 is 1.90 bits per heavy atom. The largest absolute Gasteiger partial charge is 0.360 e. The first-order chi connectivity index (χ1) is 10.2. The molecule has 0 saturated heterocycles. The Kier molecular flexibility index (Phi) is 3.43. The number of carbonyl (C=O) groups excluding carboxylic acids is 2. The fraction of sp³-hybridized carbons (Fsp3) is 0.267. The van der Waals surface area contributed by atoms with Crippen LogP contribution in [0, 0.1) is 12.8 Å². The molecule has 1 aromatic heterocycles. The molecule has 1 aliphatic carbocycles. The fourth-order valence-corrected chi connectivity index (χ4v) is 2.06. The molecule has 0 radical (unpaired) electrons. The van der Waals surface area contributed by atoms with Gasteiger partial charge in [0.25, 0.3) is 5.91 Å². The first-order valence-electron chi connectivity index (χ1n) is 6.78. The van der Waals surface area contributed by atoms with Gasteiger partial charge in [-0.1, -0.05) is 35.5 Å². The SMILES string of the molecule is Cc1onc(-c2ccccc2)c1C(=O)NNC(=O)C1CC1. The number of nitrogens with one attached hydrogen (secondary N) is 2. The second-order valence-corrected chi connectivity index (χ2v) is 5.05. The van der Waals surface area contributed by atoms with Crippen LogP contribution in [0.25, 0.3) is 11.3 Å². The van der Waals surface area contributed by atoms with E-state index >= 15 is 0 Å². The molecule has 21 heavy (non-hydrogen) atoms. The highest BCUT2D eigenvalue weighted by Crippen LogP contribution is 2.28. The van der Waals surface area contributed by atoms with E-state index in [1.54, 1.807) is 6.92 Å². The third kappa shape index (κ3) is 2.79. The molecular formula is C15H15N3O3. The molecule has 2 aromatic rings. The van der Waals surface area contributed by atoms with Crippen molar-refractivity contribution in [1.29, 1.82) is 0 Å². The smallest absolute Gasteiger partial charge is 0.275 e. The third-order valence-corrected chi connectivity index (χ3v) is 3.38. The highest BCUT2D eigenvalue weighted by molar-refractivity contribution is 6.01. The average Bonchev–Trinajstić information content (AvgIpc) is 3.28. The van der Waals surface area contributed by atoms with Crippen molar-refractivity contribution in [2.75, 3.05) is 0 Å². The quantitative estimate of drug-likeness (QED) is 0.842. The number of aryl methyl sites for hydroxylation is 1. The minimum Gasteiger partial charge on any atom is -0.360 e. The lowest BCUT2D eigenvalue weighted by molar-refractivity contribution is -0.123. The summed E-state index contributed by atoms with van der Waals surface area (Å²) in [5, 5.41) is 3.93. The van der Waals surface area contributed by atoms with Crippen molar-refractivity contribution in [2.24, 2.45) is 5.92 Å². The van der Waals surface area contributed by atoms with E-state index in [0.29, 0.717) is 17.0 Å². The van der Waals surface area contributed by atoms with Crippen LogP contribution in [0.5, 0.6) is 0 Å². The first-order valence-corrected chi connectivity index (χ1v) is 6.78. The molecule has 0 bridgehead atoms. The zero-order chi connectivity index (χ0) is 14.8. The summed E-state index contributed by atoms with van der Waals surface area (Å²) in [6.07, 6.45) is 1.76. The van der Waals surface area contributed by atoms with Gasteiger partial charge in [0.15, 0.2) is 0 Å². The van der Waals surface area contributed by atoms with Crippen LogP contribution >= 0.6 is 0 Å². The van der Waals surface area contributed by atoms with E-state index in [1.807, 2.05) is 30.3 Å². The second kappa shape index (κ2) is 5.40. The molecule has 2 N–H and O–H groups in total. The maximum absolute atomic E-state index is 12.2. The molecule has 1 saturated carbocycles. The molecule has 0 unspecified atom stereocenters. The molecule has 1 aliphatic rings. The molecule has 0 atom stereocenters. The predicted molar refractivity (Wildman–Crippen MR) is 75.0 cm³/mol. The molecule has 6 nitrogen and oxygen atoms in total. The van der Waals surface area contributed by atoms with E-state index in [4.69, 9.17) is 4.52 Å². The minimum atomic E-state index is -0.429. The van der Waals surface area contributed by atoms with Crippen LogP contribution in [0.2, 0.25) is 0 Å². The lowest BCUT2D eigenvalue weighted by atomic mass is 10.1. The van der Waals surface area contributed by atoms with Gasteiger partial charge < -0.3 is 4.52 Å². The van der Waals surface area contributed by atoms with Gasteiger partial charge in [-0.25, -0.2) is 0 Å². The van der Waals surface area contributed by atoms with Crippen molar-refractivity contribution >= 4 is 11.8 Å². The molecule has 0 aliphatic heterocycles. The Hall–Kier alpha value is -2.63. The average molecular weight is 285 g/mol. The summed E-state index contributed by atoms with van der Waals surface area (Å²) in [5.41, 5.74) is 6.43. The first kappa shape index (κ1) is 13.4. The Labute approximate surface area is 121 Å². The molecule has 6 heteroatoms. The van der Waals surface area contributed by atoms with E-state index < -0.39 is 5.91 Å². The van der Waals surface area contributed by atoms with Crippen molar-refractivity contribution in [3.63, 3.8) is 0 Å². The number of hydrogen-bond donors (Lipinski definition) is 2. The van der Waals surface area contributed by atoms with Crippen LogP contribution in [-0.4, -0.2) is 17.0 Å². The highest BCUT2D eigenvalue weighted by atomic mass is 16.5. The van der Waals surface area contributed by atoms with Crippen LogP contribution in [0.3, 0.4) is 0 Å². The zero-order valence-corrected chi connectivity index (χ0v) is 11.6. The molecular weight excluding hydrogens is 270 g/mol. The van der Waals surface area contributed by atoms with Gasteiger partial charge in [0.2, 0.25) is 5.91 Å². The van der Waals surface area contributed by atoms with E-state index in [2.05, 4.69) is 16.0 Å². The standard InChI is InChI=1S/C15H15N3O3/c1-9-12(15(20)17-16-14(19)11-7-8-11)13(18-21-9)10-5-3-2-4-6-10/h2-6,11H,7-8H2,1H3,(H,16,19)(H,17,20). The van der Waals surface area contributed by atoms with E-state index in [9.17, 15) is 9.59 Å². The topological polar surface area (TPSA) is 84.2 Å². The fourth-order valence-electron chi connectivity index (χ4n) is 2.06. The summed E-state index contributed by atoms with van der Waals surface area (Å²) in [6.45, 7) is 1.66. The number of carbonyl (C=O) groups is 2. The molecule has 1 aromatic carbocycles. The number of amides is 2. The molecule has 3 rings (SSSR count). The van der Waals surface area contributed by atoms with Gasteiger partial charge in [0, 0.05) is 11.5 Å². The number of hydrazine groups is 1. The van der Waals surface area contributed by atoms with Crippen molar-refractivity contribution in [1.82, 2.24) is 16.0 Å². The van der Waals surface area contributed by atoms with Crippen molar-refractivity contribution in [2.45, 2.75) is 19.8 Å². The Balaban J connectivity index is 1.79. The lowest BCUT2D eigenvalue weighted by Gasteiger charge is -2.07. The Morgan fingerprint density at radius 3 is 2.57 bits per heavy atom. The third-order valence-electron chi connectivity index (χ3n) is 3.38. The summed E-state index contributed by atoms with van der Waals surface area (Å²) >= 11 is 0. The van der Waals surface area contributed by atoms with Crippen LogP contribution in [0.15, 0.2) is 34.9 Å². The molecule has 1 fully saturated rings. The van der Waals surface area contributed by atoms with Crippen molar-refractivity contribution < 1.29 is 14.1 Å². The van der Waals surface area contributed by atoms with Gasteiger partial charge in [0.1, 0.15) is 17.0 Å². The monoisotopic (exact) mass is 285 g/mol. The van der Waals surface area contributed by atoms with E-state index in [0.717, 1.165) is 18.4 Å². The molecule has 2 amide bonds. The van der Waals surface area contributed by atoms with Crippen LogP contribution in [0.4, 0.5) is 0 Å². The van der Waals surface area contributed by atoms with Crippen LogP contribution in [-0.2, 0) is 4.79 Å². The minimum absolute atomic E-state index is 0.0301. The highest BCUT2D eigenvalue weighted by Gasteiger charge is 2.30. The summed E-state index contributed by atoms with van der Waals surface area (Å²) < 4.78 is 5.11. The Morgan fingerprint density at radius 1 is 1.19 bits per heavy atom. The number of hydrogen-bond acceptors (Lipinski definition) is 4. The van der Waals surface area contributed by atoms with Crippen molar-refractivity contribution in [3.05, 3.63) is 41.7 Å². The second-order valence-electron chi connectivity index (χ2n) is 5.05. The van der Waals surface area contributed by atoms with Gasteiger partial charge in [-0.2, -0.15) is 0 Å². The van der Waals surface area contributed by atoms with E-state index in [-0.39, 0.29) is 11.8 Å². The summed E-state index contributed by atoms with van der Waals surface area (Å²) in [6, 6.07) is 9.28. The maximum Gasteiger partial charge on any atom is 0.275 e. The van der Waals surface area contributed by atoms with Gasteiger partial charge in [-0.15, -0.1) is 0 Å².